The van der Waals surface area contributed by atoms with E-state index >= 15 is 0 Å². The number of amides is 2. The Morgan fingerprint density at radius 2 is 1.68 bits per heavy atom. The average molecular weight is 407 g/mol. The highest BCUT2D eigenvalue weighted by Crippen LogP contribution is 2.31. The lowest BCUT2D eigenvalue weighted by Crippen LogP contribution is -2.44. The number of methoxy groups -OCH3 is 2. The fourth-order valence-electron chi connectivity index (χ4n) is 2.62. The number of aromatic nitrogens is 2. The molecule has 0 aliphatic rings. The van der Waals surface area contributed by atoms with Crippen LogP contribution in [0.5, 0.6) is 11.5 Å². The zero-order valence-electron chi connectivity index (χ0n) is 16.8. The van der Waals surface area contributed by atoms with E-state index in [9.17, 15) is 9.59 Å². The molecule has 1 heterocycles. The van der Waals surface area contributed by atoms with Gasteiger partial charge in [-0.05, 0) is 50.1 Å². The Morgan fingerprint density at radius 1 is 1.04 bits per heavy atom. The molecule has 0 aliphatic carbocycles. The lowest BCUT2D eigenvalue weighted by atomic mass is 10.1. The summed E-state index contributed by atoms with van der Waals surface area (Å²) >= 11 is 1.45. The van der Waals surface area contributed by atoms with Crippen molar-refractivity contribution < 1.29 is 19.1 Å². The summed E-state index contributed by atoms with van der Waals surface area (Å²) in [6.45, 7) is 5.77. The predicted molar refractivity (Wildman–Crippen MR) is 108 cm³/mol. The summed E-state index contributed by atoms with van der Waals surface area (Å²) in [5.74, 6) is 1.58. The van der Waals surface area contributed by atoms with Crippen LogP contribution in [-0.2, 0) is 21.9 Å². The molecule has 1 aromatic carbocycles. The molecule has 0 saturated heterocycles. The van der Waals surface area contributed by atoms with E-state index in [1.807, 2.05) is 39.0 Å². The van der Waals surface area contributed by atoms with Crippen molar-refractivity contribution in [3.8, 4) is 11.5 Å². The van der Waals surface area contributed by atoms with E-state index in [1.54, 1.807) is 18.9 Å². The molecule has 0 aliphatic heterocycles. The lowest BCUT2D eigenvalue weighted by molar-refractivity contribution is -0.128. The molecule has 0 spiro atoms. The van der Waals surface area contributed by atoms with Crippen LogP contribution in [0.15, 0.2) is 18.2 Å². The summed E-state index contributed by atoms with van der Waals surface area (Å²) in [6, 6.07) is 5.71. The standard InChI is InChI=1S/C19H26N4O4S/c1-12-6-16(26-4)17(27-5)8-15(12)10-28-11-19(25)21-20-18(24)9-23-14(3)7-13(2)22-23/h6-8H,9-11H2,1-5H3,(H,20,24)(H,21,25). The van der Waals surface area contributed by atoms with Crippen LogP contribution in [-0.4, -0.2) is 41.6 Å². The fraction of sp³-hybridized carbons (Fsp3) is 0.421. The quantitative estimate of drug-likeness (QED) is 0.651. The molecule has 2 amide bonds. The van der Waals surface area contributed by atoms with Gasteiger partial charge >= 0.3 is 0 Å². The highest BCUT2D eigenvalue weighted by Gasteiger charge is 2.11. The minimum absolute atomic E-state index is 0.0535. The Kier molecular flexibility index (Phi) is 7.74. The minimum atomic E-state index is -0.333. The highest BCUT2D eigenvalue weighted by atomic mass is 32.2. The van der Waals surface area contributed by atoms with Crippen molar-refractivity contribution in [2.24, 2.45) is 0 Å². The second-order valence-corrected chi connectivity index (χ2v) is 7.29. The van der Waals surface area contributed by atoms with E-state index in [-0.39, 0.29) is 24.1 Å². The van der Waals surface area contributed by atoms with Gasteiger partial charge in [0.2, 0.25) is 5.91 Å². The molecule has 2 aromatic rings. The Morgan fingerprint density at radius 3 is 2.29 bits per heavy atom. The molecular weight excluding hydrogens is 380 g/mol. The number of carbonyl (C=O) groups excluding carboxylic acids is 2. The van der Waals surface area contributed by atoms with Crippen LogP contribution in [0, 0.1) is 20.8 Å². The van der Waals surface area contributed by atoms with Gasteiger partial charge in [-0.15, -0.1) is 11.8 Å². The van der Waals surface area contributed by atoms with Crippen LogP contribution in [0.3, 0.4) is 0 Å². The van der Waals surface area contributed by atoms with Gasteiger partial charge in [-0.3, -0.25) is 25.1 Å². The van der Waals surface area contributed by atoms with Gasteiger partial charge in [0.25, 0.3) is 5.91 Å². The first-order valence-electron chi connectivity index (χ1n) is 8.72. The van der Waals surface area contributed by atoms with Crippen LogP contribution >= 0.6 is 11.8 Å². The van der Waals surface area contributed by atoms with Crippen molar-refractivity contribution in [2.75, 3.05) is 20.0 Å². The smallest absolute Gasteiger partial charge is 0.260 e. The van der Waals surface area contributed by atoms with Crippen LogP contribution < -0.4 is 20.3 Å². The molecule has 0 atom stereocenters. The highest BCUT2D eigenvalue weighted by molar-refractivity contribution is 7.99. The van der Waals surface area contributed by atoms with E-state index in [1.165, 1.54) is 11.8 Å². The maximum atomic E-state index is 12.0. The van der Waals surface area contributed by atoms with Gasteiger partial charge in [0.1, 0.15) is 6.54 Å². The summed E-state index contributed by atoms with van der Waals surface area (Å²) in [5.41, 5.74) is 8.69. The number of aryl methyl sites for hydroxylation is 3. The molecule has 152 valence electrons. The number of benzene rings is 1. The van der Waals surface area contributed by atoms with Crippen molar-refractivity contribution >= 4 is 23.6 Å². The Bertz CT molecular complexity index is 851. The molecular formula is C19H26N4O4S. The van der Waals surface area contributed by atoms with E-state index in [0.717, 1.165) is 22.5 Å². The molecule has 0 bridgehead atoms. The van der Waals surface area contributed by atoms with E-state index < -0.39 is 0 Å². The SMILES string of the molecule is COc1cc(C)c(CSCC(=O)NNC(=O)Cn2nc(C)cc2C)cc1OC. The van der Waals surface area contributed by atoms with Crippen LogP contribution in [0.4, 0.5) is 0 Å². The van der Waals surface area contributed by atoms with Crippen LogP contribution in [0.1, 0.15) is 22.5 Å². The topological polar surface area (TPSA) is 94.5 Å². The third kappa shape index (κ3) is 5.91. The third-order valence-corrected chi connectivity index (χ3v) is 5.05. The molecule has 2 N–H and O–H groups in total. The Balaban J connectivity index is 1.77. The maximum Gasteiger partial charge on any atom is 0.260 e. The van der Waals surface area contributed by atoms with Crippen molar-refractivity contribution in [3.63, 3.8) is 0 Å². The predicted octanol–water partition coefficient (Wildman–Crippen LogP) is 1.91. The van der Waals surface area contributed by atoms with Gasteiger partial charge in [0.15, 0.2) is 11.5 Å². The molecule has 0 radical (unpaired) electrons. The Labute approximate surface area is 168 Å². The van der Waals surface area contributed by atoms with Gasteiger partial charge in [-0.1, -0.05) is 0 Å². The average Bonchev–Trinajstić information content (AvgIpc) is 2.97. The number of rotatable bonds is 8. The van der Waals surface area contributed by atoms with Crippen LogP contribution in [0.25, 0.3) is 0 Å². The van der Waals surface area contributed by atoms with Crippen LogP contribution in [0.2, 0.25) is 0 Å². The summed E-state index contributed by atoms with van der Waals surface area (Å²) in [5, 5.41) is 4.21. The van der Waals surface area contributed by atoms with Crippen molar-refractivity contribution in [1.82, 2.24) is 20.6 Å². The minimum Gasteiger partial charge on any atom is -0.493 e. The summed E-state index contributed by atoms with van der Waals surface area (Å²) in [7, 11) is 3.19. The summed E-state index contributed by atoms with van der Waals surface area (Å²) in [6.07, 6.45) is 0. The first-order chi connectivity index (χ1) is 13.3. The number of hydrazine groups is 1. The van der Waals surface area contributed by atoms with E-state index in [2.05, 4.69) is 16.0 Å². The molecule has 0 fully saturated rings. The van der Waals surface area contributed by atoms with Crippen molar-refractivity contribution in [3.05, 3.63) is 40.7 Å². The summed E-state index contributed by atoms with van der Waals surface area (Å²) < 4.78 is 12.2. The fourth-order valence-corrected chi connectivity index (χ4v) is 3.51. The molecule has 8 nitrogen and oxygen atoms in total. The molecule has 2 rings (SSSR count). The number of ether oxygens (including phenoxy) is 2. The van der Waals surface area contributed by atoms with Gasteiger partial charge in [0, 0.05) is 11.4 Å². The molecule has 0 saturated carbocycles. The molecule has 9 heteroatoms. The third-order valence-electron chi connectivity index (χ3n) is 4.07. The number of nitrogens with zero attached hydrogens (tertiary/aromatic N) is 2. The molecule has 1 aromatic heterocycles. The first kappa shape index (κ1) is 21.6. The van der Waals surface area contributed by atoms with Gasteiger partial charge in [-0.25, -0.2) is 0 Å². The number of nitrogens with one attached hydrogen (secondary N) is 2. The van der Waals surface area contributed by atoms with E-state index in [0.29, 0.717) is 17.3 Å². The van der Waals surface area contributed by atoms with Crippen molar-refractivity contribution in [1.29, 1.82) is 0 Å². The normalized spacial score (nSPS) is 10.5. The zero-order chi connectivity index (χ0) is 20.7. The molecule has 28 heavy (non-hydrogen) atoms. The first-order valence-corrected chi connectivity index (χ1v) is 9.87. The monoisotopic (exact) mass is 406 g/mol. The number of carbonyl (C=O) groups is 2. The maximum absolute atomic E-state index is 12.0. The Hall–Kier alpha value is -2.68. The number of hydrogen-bond donors (Lipinski definition) is 2. The van der Waals surface area contributed by atoms with Crippen molar-refractivity contribution in [2.45, 2.75) is 33.1 Å². The largest absolute Gasteiger partial charge is 0.493 e. The second kappa shape index (κ2) is 10.0. The lowest BCUT2D eigenvalue weighted by Gasteiger charge is -2.13. The number of hydrogen-bond acceptors (Lipinski definition) is 6. The van der Waals surface area contributed by atoms with E-state index in [4.69, 9.17) is 9.47 Å². The summed E-state index contributed by atoms with van der Waals surface area (Å²) in [4.78, 5) is 23.9. The second-order valence-electron chi connectivity index (χ2n) is 6.31. The van der Waals surface area contributed by atoms with Gasteiger partial charge in [0.05, 0.1) is 25.7 Å². The molecule has 0 unspecified atom stereocenters. The van der Waals surface area contributed by atoms with Gasteiger partial charge in [-0.2, -0.15) is 5.10 Å². The number of thioether (sulfide) groups is 1. The van der Waals surface area contributed by atoms with Gasteiger partial charge < -0.3 is 9.47 Å². The zero-order valence-corrected chi connectivity index (χ0v) is 17.6.